The number of hydrogen-bond acceptors (Lipinski definition) is 7. The van der Waals surface area contributed by atoms with Crippen molar-refractivity contribution in [3.63, 3.8) is 0 Å². The normalized spacial score (nSPS) is 10.8. The molecule has 0 saturated carbocycles. The molecule has 130 valence electrons. The van der Waals surface area contributed by atoms with Crippen molar-refractivity contribution in [1.29, 1.82) is 0 Å². The maximum Gasteiger partial charge on any atom is 0.350 e. The molecule has 0 bridgehead atoms. The minimum absolute atomic E-state index is 0.0708. The van der Waals surface area contributed by atoms with E-state index >= 15 is 0 Å². The molecule has 0 radical (unpaired) electrons. The molecule has 3 rings (SSSR count). The van der Waals surface area contributed by atoms with E-state index in [-0.39, 0.29) is 11.7 Å². The van der Waals surface area contributed by atoms with Crippen LogP contribution in [-0.4, -0.2) is 39.3 Å². The van der Waals surface area contributed by atoms with Crippen LogP contribution in [0.3, 0.4) is 0 Å². The molecule has 0 unspecified atom stereocenters. The van der Waals surface area contributed by atoms with Crippen molar-refractivity contribution >= 4 is 69.5 Å². The van der Waals surface area contributed by atoms with Crippen LogP contribution in [0.4, 0.5) is 5.69 Å². The Morgan fingerprint density at radius 2 is 2.20 bits per heavy atom. The Balaban J connectivity index is 1.69. The quantitative estimate of drug-likeness (QED) is 0.504. The van der Waals surface area contributed by atoms with E-state index in [0.717, 1.165) is 0 Å². The number of halogens is 2. The molecule has 3 aromatic heterocycles. The summed E-state index contributed by atoms with van der Waals surface area (Å²) in [4.78, 5) is 24.1. The van der Waals surface area contributed by atoms with Gasteiger partial charge in [-0.1, -0.05) is 35.0 Å². The topological polar surface area (TPSA) is 85.6 Å². The Morgan fingerprint density at radius 3 is 2.96 bits per heavy atom. The van der Waals surface area contributed by atoms with Crippen molar-refractivity contribution in [2.45, 2.75) is 5.16 Å². The number of hydrogen-bond donors (Lipinski definition) is 1. The molecule has 0 aliphatic carbocycles. The molecule has 1 amide bonds. The van der Waals surface area contributed by atoms with Gasteiger partial charge in [0.15, 0.2) is 10.8 Å². The van der Waals surface area contributed by atoms with Crippen molar-refractivity contribution in [1.82, 2.24) is 14.6 Å². The summed E-state index contributed by atoms with van der Waals surface area (Å²) < 4.78 is 6.29. The highest BCUT2D eigenvalue weighted by molar-refractivity contribution is 7.99. The highest BCUT2D eigenvalue weighted by Gasteiger charge is 2.17. The Hall–Kier alpha value is -1.81. The number of aromatic nitrogens is 3. The van der Waals surface area contributed by atoms with Crippen LogP contribution in [0.2, 0.25) is 10.0 Å². The number of carbonyl (C=O) groups is 2. The zero-order valence-corrected chi connectivity index (χ0v) is 15.8. The average Bonchev–Trinajstić information content (AvgIpc) is 3.19. The molecule has 3 heterocycles. The number of anilines is 1. The molecule has 11 heteroatoms. The van der Waals surface area contributed by atoms with Gasteiger partial charge in [0, 0.05) is 6.20 Å². The average molecular weight is 417 g/mol. The predicted molar refractivity (Wildman–Crippen MR) is 98.0 cm³/mol. The standard InChI is InChI=1S/C14H10Cl2N4O3S2/c1-23-13(22)11-9(2-3-24-11)17-10(21)6-25-14-19-18-12-8(16)4-7(15)5-20(12)14/h2-5H,6H2,1H3,(H,17,21). The van der Waals surface area contributed by atoms with Crippen LogP contribution in [-0.2, 0) is 9.53 Å². The van der Waals surface area contributed by atoms with Gasteiger partial charge in [-0.2, -0.15) is 0 Å². The first-order valence-electron chi connectivity index (χ1n) is 6.78. The van der Waals surface area contributed by atoms with E-state index in [1.165, 1.54) is 30.2 Å². The van der Waals surface area contributed by atoms with E-state index in [0.29, 0.717) is 31.4 Å². The van der Waals surface area contributed by atoms with Crippen LogP contribution in [0, 0.1) is 0 Å². The lowest BCUT2D eigenvalue weighted by Crippen LogP contribution is -2.16. The predicted octanol–water partition coefficient (Wildman–Crippen LogP) is 3.62. The zero-order valence-electron chi connectivity index (χ0n) is 12.7. The van der Waals surface area contributed by atoms with E-state index < -0.39 is 5.97 Å². The fourth-order valence-corrected chi connectivity index (χ4v) is 3.96. The second-order valence-electron chi connectivity index (χ2n) is 4.67. The molecule has 0 fully saturated rings. The Labute approximate surface area is 160 Å². The van der Waals surface area contributed by atoms with E-state index in [9.17, 15) is 9.59 Å². The van der Waals surface area contributed by atoms with Crippen LogP contribution < -0.4 is 5.32 Å². The first-order valence-corrected chi connectivity index (χ1v) is 9.40. The zero-order chi connectivity index (χ0) is 18.0. The maximum absolute atomic E-state index is 12.1. The fourth-order valence-electron chi connectivity index (χ4n) is 1.98. The summed E-state index contributed by atoms with van der Waals surface area (Å²) in [6, 6.07) is 3.21. The number of methoxy groups -OCH3 is 1. The number of amides is 1. The molecule has 0 aromatic carbocycles. The van der Waals surface area contributed by atoms with Crippen LogP contribution in [0.1, 0.15) is 9.67 Å². The van der Waals surface area contributed by atoms with Gasteiger partial charge in [0.1, 0.15) is 4.88 Å². The van der Waals surface area contributed by atoms with Gasteiger partial charge in [0.25, 0.3) is 0 Å². The minimum Gasteiger partial charge on any atom is -0.465 e. The molecule has 0 saturated heterocycles. The monoisotopic (exact) mass is 416 g/mol. The number of nitrogens with one attached hydrogen (secondary N) is 1. The molecule has 0 atom stereocenters. The van der Waals surface area contributed by atoms with Gasteiger partial charge in [0.05, 0.1) is 28.6 Å². The number of nitrogens with zero attached hydrogens (tertiary/aromatic N) is 3. The minimum atomic E-state index is -0.495. The van der Waals surface area contributed by atoms with E-state index in [1.807, 2.05) is 0 Å². The maximum atomic E-state index is 12.1. The first kappa shape index (κ1) is 18.0. The lowest BCUT2D eigenvalue weighted by Gasteiger charge is -2.05. The largest absolute Gasteiger partial charge is 0.465 e. The van der Waals surface area contributed by atoms with Gasteiger partial charge in [-0.3, -0.25) is 9.20 Å². The Bertz CT molecular complexity index is 957. The number of rotatable bonds is 5. The van der Waals surface area contributed by atoms with Gasteiger partial charge >= 0.3 is 5.97 Å². The molecule has 0 aliphatic rings. The SMILES string of the molecule is COC(=O)c1sccc1NC(=O)CSc1nnc2c(Cl)cc(Cl)cn12. The number of carbonyl (C=O) groups excluding carboxylic acids is 2. The number of fused-ring (bicyclic) bond motifs is 1. The summed E-state index contributed by atoms with van der Waals surface area (Å²) in [6.45, 7) is 0. The summed E-state index contributed by atoms with van der Waals surface area (Å²) in [5, 5.41) is 13.6. The third-order valence-electron chi connectivity index (χ3n) is 3.04. The number of ether oxygens (including phenoxy) is 1. The summed E-state index contributed by atoms with van der Waals surface area (Å²) in [7, 11) is 1.29. The van der Waals surface area contributed by atoms with Crippen LogP contribution in [0.25, 0.3) is 5.65 Å². The molecule has 3 aromatic rings. The highest BCUT2D eigenvalue weighted by Crippen LogP contribution is 2.26. The fraction of sp³-hybridized carbons (Fsp3) is 0.143. The third-order valence-corrected chi connectivity index (χ3v) is 5.36. The third kappa shape index (κ3) is 3.90. The second kappa shape index (κ2) is 7.61. The van der Waals surface area contributed by atoms with Crippen molar-refractivity contribution in [3.05, 3.63) is 38.6 Å². The van der Waals surface area contributed by atoms with E-state index in [2.05, 4.69) is 20.3 Å². The lowest BCUT2D eigenvalue weighted by atomic mass is 10.4. The molecule has 25 heavy (non-hydrogen) atoms. The molecule has 0 aliphatic heterocycles. The van der Waals surface area contributed by atoms with Gasteiger partial charge in [0.2, 0.25) is 5.91 Å². The summed E-state index contributed by atoms with van der Waals surface area (Å²) in [5.74, 6) is -0.717. The number of thioether (sulfide) groups is 1. The number of esters is 1. The van der Waals surface area contributed by atoms with Crippen molar-refractivity contribution < 1.29 is 14.3 Å². The van der Waals surface area contributed by atoms with Crippen LogP contribution in [0.15, 0.2) is 28.9 Å². The molecular weight excluding hydrogens is 407 g/mol. The van der Waals surface area contributed by atoms with Crippen LogP contribution >= 0.6 is 46.3 Å². The Kier molecular flexibility index (Phi) is 5.48. The summed E-state index contributed by atoms with van der Waals surface area (Å²) >= 11 is 14.4. The van der Waals surface area contributed by atoms with Gasteiger partial charge < -0.3 is 10.1 Å². The molecule has 0 spiro atoms. The first-order chi connectivity index (χ1) is 12.0. The van der Waals surface area contributed by atoms with Crippen molar-refractivity contribution in [3.8, 4) is 0 Å². The van der Waals surface area contributed by atoms with Crippen LogP contribution in [0.5, 0.6) is 0 Å². The molecule has 1 N–H and O–H groups in total. The smallest absolute Gasteiger partial charge is 0.350 e. The summed E-state index contributed by atoms with van der Waals surface area (Å²) in [6.07, 6.45) is 1.62. The molecule has 7 nitrogen and oxygen atoms in total. The molecular formula is C14H10Cl2N4O3S2. The lowest BCUT2D eigenvalue weighted by molar-refractivity contribution is -0.113. The van der Waals surface area contributed by atoms with E-state index in [1.54, 1.807) is 28.1 Å². The van der Waals surface area contributed by atoms with Crippen molar-refractivity contribution in [2.75, 3.05) is 18.2 Å². The van der Waals surface area contributed by atoms with E-state index in [4.69, 9.17) is 23.2 Å². The highest BCUT2D eigenvalue weighted by atomic mass is 35.5. The number of pyridine rings is 1. The van der Waals surface area contributed by atoms with Gasteiger partial charge in [-0.25, -0.2) is 4.79 Å². The summed E-state index contributed by atoms with van der Waals surface area (Å²) in [5.41, 5.74) is 0.874. The Morgan fingerprint density at radius 1 is 1.40 bits per heavy atom. The van der Waals surface area contributed by atoms with Gasteiger partial charge in [-0.05, 0) is 17.5 Å². The second-order valence-corrected chi connectivity index (χ2v) is 7.38. The van der Waals surface area contributed by atoms with Crippen molar-refractivity contribution in [2.24, 2.45) is 0 Å². The number of thiophene rings is 1. The van der Waals surface area contributed by atoms with Gasteiger partial charge in [-0.15, -0.1) is 21.5 Å².